The van der Waals surface area contributed by atoms with Gasteiger partial charge in [-0.1, -0.05) is 19.1 Å². The van der Waals surface area contributed by atoms with Crippen LogP contribution < -0.4 is 10.2 Å². The Labute approximate surface area is 124 Å². The molecule has 1 aliphatic rings. The van der Waals surface area contributed by atoms with Crippen LogP contribution in [-0.2, 0) is 6.54 Å². The van der Waals surface area contributed by atoms with Gasteiger partial charge in [0.2, 0.25) is 0 Å². The Bertz CT molecular complexity index is 380. The average Bonchev–Trinajstić information content (AvgIpc) is 2.92. The highest BCUT2D eigenvalue weighted by atomic mass is 15.1. The van der Waals surface area contributed by atoms with E-state index in [-0.39, 0.29) is 0 Å². The van der Waals surface area contributed by atoms with Crippen LogP contribution >= 0.6 is 0 Å². The molecule has 0 aromatic heterocycles. The maximum absolute atomic E-state index is 3.58. The van der Waals surface area contributed by atoms with E-state index in [1.807, 2.05) is 0 Å². The molecule has 1 N–H and O–H groups in total. The van der Waals surface area contributed by atoms with Gasteiger partial charge in [0.1, 0.15) is 0 Å². The highest BCUT2D eigenvalue weighted by Gasteiger charge is 2.14. The number of nitrogens with one attached hydrogen (secondary N) is 1. The lowest BCUT2D eigenvalue weighted by Crippen LogP contribution is -2.31. The van der Waals surface area contributed by atoms with Crippen molar-refractivity contribution < 1.29 is 0 Å². The largest absolute Gasteiger partial charge is 0.378 e. The minimum Gasteiger partial charge on any atom is -0.378 e. The molecular weight excluding hydrogens is 246 g/mol. The van der Waals surface area contributed by atoms with Gasteiger partial charge in [-0.05, 0) is 56.1 Å². The molecule has 3 nitrogen and oxygen atoms in total. The zero-order valence-electron chi connectivity index (χ0n) is 13.2. The SMILES string of the molecule is CC(CNCc1ccc(N(C)C)cc1)CN1CCCC1. The van der Waals surface area contributed by atoms with E-state index in [1.54, 1.807) is 0 Å². The second-order valence-corrected chi connectivity index (χ2v) is 6.30. The van der Waals surface area contributed by atoms with Crippen molar-refractivity contribution in [1.29, 1.82) is 0 Å². The summed E-state index contributed by atoms with van der Waals surface area (Å²) >= 11 is 0. The van der Waals surface area contributed by atoms with E-state index in [1.165, 1.54) is 43.7 Å². The number of rotatable bonds is 7. The third-order valence-corrected chi connectivity index (χ3v) is 4.04. The Kier molecular flexibility index (Phi) is 5.86. The summed E-state index contributed by atoms with van der Waals surface area (Å²) < 4.78 is 0. The quantitative estimate of drug-likeness (QED) is 0.825. The van der Waals surface area contributed by atoms with Gasteiger partial charge in [-0.25, -0.2) is 0 Å². The minimum absolute atomic E-state index is 0.731. The first-order valence-electron chi connectivity index (χ1n) is 7.84. The minimum atomic E-state index is 0.731. The topological polar surface area (TPSA) is 18.5 Å². The monoisotopic (exact) mass is 275 g/mol. The van der Waals surface area contributed by atoms with Crippen molar-refractivity contribution in [1.82, 2.24) is 10.2 Å². The summed E-state index contributed by atoms with van der Waals surface area (Å²) in [6.07, 6.45) is 2.77. The standard InChI is InChI=1S/C17H29N3/c1-15(14-20-10-4-5-11-20)12-18-13-16-6-8-17(9-7-16)19(2)3/h6-9,15,18H,4-5,10-14H2,1-3H3. The van der Waals surface area contributed by atoms with Gasteiger partial charge in [0.05, 0.1) is 0 Å². The smallest absolute Gasteiger partial charge is 0.0361 e. The van der Waals surface area contributed by atoms with Crippen molar-refractivity contribution in [3.8, 4) is 0 Å². The highest BCUT2D eigenvalue weighted by Crippen LogP contribution is 2.12. The van der Waals surface area contributed by atoms with Crippen molar-refractivity contribution in [3.63, 3.8) is 0 Å². The molecule has 20 heavy (non-hydrogen) atoms. The first-order valence-corrected chi connectivity index (χ1v) is 7.84. The second kappa shape index (κ2) is 7.65. The van der Waals surface area contributed by atoms with Crippen molar-refractivity contribution in [2.45, 2.75) is 26.3 Å². The molecule has 0 radical (unpaired) electrons. The van der Waals surface area contributed by atoms with Crippen LogP contribution in [-0.4, -0.2) is 45.2 Å². The lowest BCUT2D eigenvalue weighted by Gasteiger charge is -2.20. The summed E-state index contributed by atoms with van der Waals surface area (Å²) in [6, 6.07) is 8.80. The molecule has 2 rings (SSSR count). The van der Waals surface area contributed by atoms with Crippen LogP contribution in [0.3, 0.4) is 0 Å². The molecule has 3 heteroatoms. The van der Waals surface area contributed by atoms with Gasteiger partial charge >= 0.3 is 0 Å². The number of likely N-dealkylation sites (tertiary alicyclic amines) is 1. The Balaban J connectivity index is 1.66. The number of hydrogen-bond donors (Lipinski definition) is 1. The number of hydrogen-bond acceptors (Lipinski definition) is 3. The van der Waals surface area contributed by atoms with Crippen molar-refractivity contribution in [2.24, 2.45) is 5.92 Å². The molecule has 0 saturated carbocycles. The van der Waals surface area contributed by atoms with E-state index in [2.05, 4.69) is 60.4 Å². The number of anilines is 1. The molecular formula is C17H29N3. The second-order valence-electron chi connectivity index (χ2n) is 6.30. The van der Waals surface area contributed by atoms with E-state index in [9.17, 15) is 0 Å². The zero-order chi connectivity index (χ0) is 14.4. The molecule has 1 fully saturated rings. The molecule has 0 spiro atoms. The molecule has 1 aromatic carbocycles. The molecule has 1 saturated heterocycles. The first-order chi connectivity index (χ1) is 9.65. The van der Waals surface area contributed by atoms with Crippen LogP contribution in [0.2, 0.25) is 0 Å². The molecule has 1 aliphatic heterocycles. The van der Waals surface area contributed by atoms with Gasteiger partial charge in [-0.3, -0.25) is 0 Å². The Morgan fingerprint density at radius 1 is 1.15 bits per heavy atom. The summed E-state index contributed by atoms with van der Waals surface area (Å²) in [7, 11) is 4.15. The molecule has 1 heterocycles. The van der Waals surface area contributed by atoms with Gasteiger partial charge in [-0.2, -0.15) is 0 Å². The van der Waals surface area contributed by atoms with Crippen molar-refractivity contribution >= 4 is 5.69 Å². The fourth-order valence-electron chi connectivity index (χ4n) is 2.85. The molecule has 1 aromatic rings. The summed E-state index contributed by atoms with van der Waals surface area (Å²) in [4.78, 5) is 4.73. The Morgan fingerprint density at radius 2 is 1.80 bits per heavy atom. The normalized spacial score (nSPS) is 17.4. The highest BCUT2D eigenvalue weighted by molar-refractivity contribution is 5.45. The van der Waals surface area contributed by atoms with Crippen LogP contribution in [0.15, 0.2) is 24.3 Å². The van der Waals surface area contributed by atoms with Crippen LogP contribution in [0.5, 0.6) is 0 Å². The Hall–Kier alpha value is -1.06. The molecule has 0 amide bonds. The summed E-state index contributed by atoms with van der Waals surface area (Å²) in [5.41, 5.74) is 2.63. The van der Waals surface area contributed by atoms with E-state index in [0.29, 0.717) is 0 Å². The van der Waals surface area contributed by atoms with E-state index in [0.717, 1.165) is 19.0 Å². The molecule has 0 aliphatic carbocycles. The van der Waals surface area contributed by atoms with Crippen LogP contribution in [0, 0.1) is 5.92 Å². The lowest BCUT2D eigenvalue weighted by atomic mass is 10.1. The third-order valence-electron chi connectivity index (χ3n) is 4.04. The zero-order valence-corrected chi connectivity index (χ0v) is 13.2. The first kappa shape index (κ1) is 15.3. The third kappa shape index (κ3) is 4.80. The van der Waals surface area contributed by atoms with Gasteiger partial charge in [0.25, 0.3) is 0 Å². The number of nitrogens with zero attached hydrogens (tertiary/aromatic N) is 2. The fourth-order valence-corrected chi connectivity index (χ4v) is 2.85. The van der Waals surface area contributed by atoms with E-state index >= 15 is 0 Å². The molecule has 112 valence electrons. The van der Waals surface area contributed by atoms with Crippen molar-refractivity contribution in [2.75, 3.05) is 45.2 Å². The average molecular weight is 275 g/mol. The predicted molar refractivity (Wildman–Crippen MR) is 87.3 cm³/mol. The van der Waals surface area contributed by atoms with Crippen LogP contribution in [0.1, 0.15) is 25.3 Å². The van der Waals surface area contributed by atoms with Gasteiger partial charge < -0.3 is 15.1 Å². The Morgan fingerprint density at radius 3 is 2.40 bits per heavy atom. The van der Waals surface area contributed by atoms with Gasteiger partial charge in [-0.15, -0.1) is 0 Å². The molecule has 1 unspecified atom stereocenters. The predicted octanol–water partition coefficient (Wildman–Crippen LogP) is 2.57. The van der Waals surface area contributed by atoms with Gasteiger partial charge in [0.15, 0.2) is 0 Å². The maximum atomic E-state index is 3.58. The van der Waals surface area contributed by atoms with E-state index < -0.39 is 0 Å². The fraction of sp³-hybridized carbons (Fsp3) is 0.647. The summed E-state index contributed by atoms with van der Waals surface area (Å²) in [6.45, 7) is 8.27. The lowest BCUT2D eigenvalue weighted by molar-refractivity contribution is 0.282. The van der Waals surface area contributed by atoms with Gasteiger partial charge in [0, 0.05) is 32.9 Å². The van der Waals surface area contributed by atoms with Crippen molar-refractivity contribution in [3.05, 3.63) is 29.8 Å². The van der Waals surface area contributed by atoms with E-state index in [4.69, 9.17) is 0 Å². The number of benzene rings is 1. The van der Waals surface area contributed by atoms with Crippen LogP contribution in [0.4, 0.5) is 5.69 Å². The summed E-state index contributed by atoms with van der Waals surface area (Å²) in [5, 5.41) is 3.58. The summed E-state index contributed by atoms with van der Waals surface area (Å²) in [5.74, 6) is 0.731. The molecule has 0 bridgehead atoms. The van der Waals surface area contributed by atoms with Crippen LogP contribution in [0.25, 0.3) is 0 Å². The molecule has 1 atom stereocenters. The maximum Gasteiger partial charge on any atom is 0.0361 e.